The van der Waals surface area contributed by atoms with Gasteiger partial charge in [0.05, 0.1) is 0 Å². The average molecular weight is 241 g/mol. The van der Waals surface area contributed by atoms with Gasteiger partial charge in [-0.15, -0.1) is 0 Å². The lowest BCUT2D eigenvalue weighted by Gasteiger charge is -2.44. The van der Waals surface area contributed by atoms with E-state index in [1.54, 1.807) is 16.7 Å². The molecule has 0 amide bonds. The van der Waals surface area contributed by atoms with Gasteiger partial charge in [-0.3, -0.25) is 0 Å². The zero-order valence-electron chi connectivity index (χ0n) is 11.1. The van der Waals surface area contributed by atoms with E-state index >= 15 is 0 Å². The molecule has 2 fully saturated rings. The van der Waals surface area contributed by atoms with Gasteiger partial charge in [0, 0.05) is 12.0 Å². The highest BCUT2D eigenvalue weighted by Gasteiger charge is 2.38. The van der Waals surface area contributed by atoms with Crippen LogP contribution in [0.5, 0.6) is 0 Å². The van der Waals surface area contributed by atoms with Crippen LogP contribution in [0.2, 0.25) is 0 Å². The lowest BCUT2D eigenvalue weighted by Crippen LogP contribution is -2.45. The molecular weight excluding hydrogens is 218 g/mol. The van der Waals surface area contributed by atoms with E-state index < -0.39 is 0 Å². The highest BCUT2D eigenvalue weighted by atomic mass is 14.9. The molecule has 1 saturated heterocycles. The standard InChI is InChI=1S/C17H23N/c1-2-6-14-12(4-1)7-10-16-15(14)9-8-13-5-3-11-18-17(13)16/h6,8-9,12,16-18H,1-5,7,10-11H2. The molecule has 0 aromatic rings. The summed E-state index contributed by atoms with van der Waals surface area (Å²) in [5.74, 6) is 1.67. The van der Waals surface area contributed by atoms with Gasteiger partial charge in [0.2, 0.25) is 0 Å². The maximum Gasteiger partial charge on any atom is 0.0351 e. The van der Waals surface area contributed by atoms with Crippen LogP contribution in [0, 0.1) is 11.8 Å². The molecule has 0 aromatic carbocycles. The van der Waals surface area contributed by atoms with Crippen LogP contribution < -0.4 is 5.32 Å². The van der Waals surface area contributed by atoms with Gasteiger partial charge in [-0.25, -0.2) is 0 Å². The van der Waals surface area contributed by atoms with E-state index in [0.29, 0.717) is 6.04 Å². The fraction of sp³-hybridized carbons (Fsp3) is 0.647. The lowest BCUT2D eigenvalue weighted by molar-refractivity contribution is 0.310. The van der Waals surface area contributed by atoms with Crippen molar-refractivity contribution in [2.24, 2.45) is 11.8 Å². The van der Waals surface area contributed by atoms with Gasteiger partial charge in [0.1, 0.15) is 0 Å². The first-order valence-electron chi connectivity index (χ1n) is 7.78. The summed E-state index contributed by atoms with van der Waals surface area (Å²) in [6, 6.07) is 0.669. The third-order valence-electron chi connectivity index (χ3n) is 5.41. The summed E-state index contributed by atoms with van der Waals surface area (Å²) in [5, 5.41) is 3.78. The molecule has 1 N–H and O–H groups in total. The SMILES string of the molecule is C1=C2C3=CC=C4CCCNC4C3CCC2CCC1. The van der Waals surface area contributed by atoms with Gasteiger partial charge in [0.15, 0.2) is 0 Å². The Labute approximate surface area is 110 Å². The van der Waals surface area contributed by atoms with Gasteiger partial charge < -0.3 is 5.32 Å². The van der Waals surface area contributed by atoms with Crippen molar-refractivity contribution >= 4 is 0 Å². The van der Waals surface area contributed by atoms with Crippen LogP contribution in [0.15, 0.2) is 34.9 Å². The smallest absolute Gasteiger partial charge is 0.0351 e. The second-order valence-electron chi connectivity index (χ2n) is 6.37. The van der Waals surface area contributed by atoms with Crippen molar-refractivity contribution < 1.29 is 0 Å². The van der Waals surface area contributed by atoms with Crippen LogP contribution in [0.25, 0.3) is 0 Å². The summed E-state index contributed by atoms with van der Waals surface area (Å²) in [5.41, 5.74) is 5.08. The van der Waals surface area contributed by atoms with Crippen LogP contribution >= 0.6 is 0 Å². The minimum Gasteiger partial charge on any atom is -0.310 e. The predicted molar refractivity (Wildman–Crippen MR) is 75.3 cm³/mol. The number of hydrogen-bond acceptors (Lipinski definition) is 1. The average Bonchev–Trinajstić information content (AvgIpc) is 2.46. The van der Waals surface area contributed by atoms with Crippen molar-refractivity contribution in [2.75, 3.05) is 6.54 Å². The Balaban J connectivity index is 1.72. The number of fused-ring (bicyclic) bond motifs is 5. The molecule has 0 spiro atoms. The molecule has 18 heavy (non-hydrogen) atoms. The molecule has 1 nitrogen and oxygen atoms in total. The van der Waals surface area contributed by atoms with Gasteiger partial charge in [-0.05, 0) is 68.6 Å². The zero-order valence-corrected chi connectivity index (χ0v) is 11.1. The van der Waals surface area contributed by atoms with Crippen LogP contribution in [0.4, 0.5) is 0 Å². The lowest BCUT2D eigenvalue weighted by atomic mass is 9.65. The first kappa shape index (κ1) is 11.0. The molecule has 0 aromatic heterocycles. The predicted octanol–water partition coefficient (Wildman–Crippen LogP) is 3.74. The second kappa shape index (κ2) is 4.38. The van der Waals surface area contributed by atoms with Crippen molar-refractivity contribution in [3.05, 3.63) is 34.9 Å². The molecule has 0 radical (unpaired) electrons. The molecule has 96 valence electrons. The summed E-state index contributed by atoms with van der Waals surface area (Å²) < 4.78 is 0. The fourth-order valence-electron chi connectivity index (χ4n) is 4.53. The zero-order chi connectivity index (χ0) is 11.9. The number of piperidine rings is 1. The van der Waals surface area contributed by atoms with Gasteiger partial charge in [0.25, 0.3) is 0 Å². The quantitative estimate of drug-likeness (QED) is 0.681. The molecule has 3 atom stereocenters. The van der Waals surface area contributed by atoms with Crippen molar-refractivity contribution in [1.29, 1.82) is 0 Å². The molecule has 4 aliphatic rings. The second-order valence-corrected chi connectivity index (χ2v) is 6.37. The number of hydrogen-bond donors (Lipinski definition) is 1. The summed E-state index contributed by atoms with van der Waals surface area (Å²) >= 11 is 0. The summed E-state index contributed by atoms with van der Waals surface area (Å²) in [6.45, 7) is 1.22. The molecule has 3 aliphatic carbocycles. The van der Waals surface area contributed by atoms with Crippen LogP contribution in [-0.2, 0) is 0 Å². The van der Waals surface area contributed by atoms with Crippen molar-refractivity contribution in [2.45, 2.75) is 51.0 Å². The van der Waals surface area contributed by atoms with Crippen LogP contribution in [0.1, 0.15) is 44.9 Å². The van der Waals surface area contributed by atoms with Crippen LogP contribution in [0.3, 0.4) is 0 Å². The van der Waals surface area contributed by atoms with E-state index in [1.807, 2.05) is 0 Å². The molecule has 1 aliphatic heterocycles. The first-order valence-corrected chi connectivity index (χ1v) is 7.78. The van der Waals surface area contributed by atoms with E-state index in [1.165, 1.54) is 51.5 Å². The molecular formula is C17H23N. The largest absolute Gasteiger partial charge is 0.310 e. The number of rotatable bonds is 0. The Morgan fingerprint density at radius 1 is 1.00 bits per heavy atom. The Hall–Kier alpha value is -0.820. The Morgan fingerprint density at radius 3 is 3.00 bits per heavy atom. The molecule has 1 saturated carbocycles. The Bertz CT molecular complexity index is 441. The third kappa shape index (κ3) is 1.64. The molecule has 1 heterocycles. The van der Waals surface area contributed by atoms with Crippen molar-refractivity contribution in [1.82, 2.24) is 5.32 Å². The number of allylic oxidation sites excluding steroid dienone is 4. The molecule has 3 unspecified atom stereocenters. The highest BCUT2D eigenvalue weighted by Crippen LogP contribution is 2.47. The van der Waals surface area contributed by atoms with Gasteiger partial charge in [-0.1, -0.05) is 23.8 Å². The highest BCUT2D eigenvalue weighted by molar-refractivity contribution is 5.46. The minimum atomic E-state index is 0.669. The maximum atomic E-state index is 3.78. The van der Waals surface area contributed by atoms with E-state index in [-0.39, 0.29) is 0 Å². The Morgan fingerprint density at radius 2 is 2.00 bits per heavy atom. The first-order chi connectivity index (χ1) is 8.93. The van der Waals surface area contributed by atoms with Gasteiger partial charge in [-0.2, -0.15) is 0 Å². The topological polar surface area (TPSA) is 12.0 Å². The number of nitrogens with one attached hydrogen (secondary N) is 1. The normalized spacial score (nSPS) is 38.7. The summed E-state index contributed by atoms with van der Waals surface area (Å²) in [6.07, 6.45) is 17.1. The third-order valence-corrected chi connectivity index (χ3v) is 5.41. The van der Waals surface area contributed by atoms with Crippen molar-refractivity contribution in [3.63, 3.8) is 0 Å². The maximum absolute atomic E-state index is 3.78. The van der Waals surface area contributed by atoms with E-state index in [9.17, 15) is 0 Å². The summed E-state index contributed by atoms with van der Waals surface area (Å²) in [7, 11) is 0. The Kier molecular flexibility index (Phi) is 2.69. The molecule has 4 rings (SSSR count). The minimum absolute atomic E-state index is 0.669. The van der Waals surface area contributed by atoms with E-state index in [4.69, 9.17) is 0 Å². The van der Waals surface area contributed by atoms with Gasteiger partial charge >= 0.3 is 0 Å². The van der Waals surface area contributed by atoms with E-state index in [0.717, 1.165) is 11.8 Å². The fourth-order valence-corrected chi connectivity index (χ4v) is 4.53. The molecule has 1 heteroatoms. The van der Waals surface area contributed by atoms with Crippen LogP contribution in [-0.4, -0.2) is 12.6 Å². The summed E-state index contributed by atoms with van der Waals surface area (Å²) in [4.78, 5) is 0. The van der Waals surface area contributed by atoms with E-state index in [2.05, 4.69) is 23.5 Å². The molecule has 0 bridgehead atoms. The van der Waals surface area contributed by atoms with Crippen molar-refractivity contribution in [3.8, 4) is 0 Å². The monoisotopic (exact) mass is 241 g/mol.